The molecule has 0 saturated carbocycles. The topological polar surface area (TPSA) is 49.8 Å². The smallest absolute Gasteiger partial charge is 0.305 e. The van der Waals surface area contributed by atoms with Gasteiger partial charge in [-0.3, -0.25) is 9.69 Å². The summed E-state index contributed by atoms with van der Waals surface area (Å²) in [7, 11) is 0. The lowest BCUT2D eigenvalue weighted by molar-refractivity contribution is -0.140. The van der Waals surface area contributed by atoms with Gasteiger partial charge >= 0.3 is 5.97 Å². The van der Waals surface area contributed by atoms with Crippen LogP contribution in [0.1, 0.15) is 49.8 Å². The molecule has 0 bridgehead atoms. The molecule has 0 radical (unpaired) electrons. The van der Waals surface area contributed by atoms with Gasteiger partial charge in [-0.1, -0.05) is 48.0 Å². The molecule has 0 unspecified atom stereocenters. The van der Waals surface area contributed by atoms with Crippen molar-refractivity contribution in [2.45, 2.75) is 45.3 Å². The fourth-order valence-corrected chi connectivity index (χ4v) is 4.48. The Kier molecular flexibility index (Phi) is 4.98. The number of likely N-dealkylation sites (tertiary alicyclic amines) is 1. The van der Waals surface area contributed by atoms with Crippen molar-refractivity contribution in [1.29, 1.82) is 0 Å². The molecule has 0 aliphatic carbocycles. The first kappa shape index (κ1) is 18.8. The molecule has 0 atom stereocenters. The molecule has 2 aromatic carbocycles. The molecule has 0 amide bonds. The van der Waals surface area contributed by atoms with Gasteiger partial charge in [0.05, 0.1) is 6.42 Å². The van der Waals surface area contributed by atoms with E-state index in [1.807, 2.05) is 26.0 Å². The summed E-state index contributed by atoms with van der Waals surface area (Å²) in [5, 5.41) is 9.24. The van der Waals surface area contributed by atoms with Crippen LogP contribution in [0.25, 0.3) is 5.57 Å². The molecule has 2 heterocycles. The predicted octanol–water partition coefficient (Wildman–Crippen LogP) is 4.73. The molecule has 2 aliphatic heterocycles. The van der Waals surface area contributed by atoms with Crippen LogP contribution in [-0.2, 0) is 11.4 Å². The average Bonchev–Trinajstić information content (AvgIpc) is 2.84. The Hall–Kier alpha value is -2.59. The van der Waals surface area contributed by atoms with Crippen molar-refractivity contribution >= 4 is 11.5 Å². The molecule has 1 fully saturated rings. The van der Waals surface area contributed by atoms with Crippen LogP contribution in [0.3, 0.4) is 0 Å². The van der Waals surface area contributed by atoms with Crippen LogP contribution in [0, 0.1) is 0 Å². The number of ether oxygens (including phenoxy) is 1. The summed E-state index contributed by atoms with van der Waals surface area (Å²) in [6, 6.07) is 16.8. The van der Waals surface area contributed by atoms with E-state index in [1.165, 1.54) is 27.8 Å². The van der Waals surface area contributed by atoms with Crippen molar-refractivity contribution in [3.8, 4) is 5.75 Å². The standard InChI is InChI=1S/C24H27NO3/c1-24(2,15-22(26)27)25-13-11-17(12-14-25)23-19-8-4-3-7-18(19)16-28-21-10-6-5-9-20(21)23/h3-10H,11-16H2,1-2H3,(H,26,27). The summed E-state index contributed by atoms with van der Waals surface area (Å²) >= 11 is 0. The zero-order chi connectivity index (χ0) is 19.7. The molecule has 0 spiro atoms. The molecule has 28 heavy (non-hydrogen) atoms. The lowest BCUT2D eigenvalue weighted by Crippen LogP contribution is -2.48. The van der Waals surface area contributed by atoms with Crippen molar-refractivity contribution in [2.75, 3.05) is 13.1 Å². The number of para-hydroxylation sites is 1. The third kappa shape index (κ3) is 3.57. The fourth-order valence-electron chi connectivity index (χ4n) is 4.48. The molecular formula is C24H27NO3. The average molecular weight is 377 g/mol. The molecule has 146 valence electrons. The Morgan fingerprint density at radius 3 is 2.39 bits per heavy atom. The first-order chi connectivity index (χ1) is 13.5. The van der Waals surface area contributed by atoms with E-state index in [1.54, 1.807) is 0 Å². The molecule has 4 nitrogen and oxygen atoms in total. The Morgan fingerprint density at radius 2 is 1.68 bits per heavy atom. The highest BCUT2D eigenvalue weighted by atomic mass is 16.5. The summed E-state index contributed by atoms with van der Waals surface area (Å²) in [4.78, 5) is 13.5. The molecule has 2 aromatic rings. The van der Waals surface area contributed by atoms with Crippen molar-refractivity contribution in [3.05, 3.63) is 70.8 Å². The van der Waals surface area contributed by atoms with Gasteiger partial charge in [0.1, 0.15) is 12.4 Å². The number of nitrogens with zero attached hydrogens (tertiary/aromatic N) is 1. The number of fused-ring (bicyclic) bond motifs is 2. The van der Waals surface area contributed by atoms with Crippen molar-refractivity contribution < 1.29 is 14.6 Å². The SMILES string of the molecule is CC(C)(CC(=O)O)N1CCC(=C2c3ccccc3COc3ccccc32)CC1. The van der Waals surface area contributed by atoms with Crippen LogP contribution < -0.4 is 4.74 Å². The Morgan fingerprint density at radius 1 is 1.04 bits per heavy atom. The van der Waals surface area contributed by atoms with Crippen LogP contribution in [0.5, 0.6) is 5.75 Å². The van der Waals surface area contributed by atoms with Crippen LogP contribution in [0.4, 0.5) is 0 Å². The zero-order valence-electron chi connectivity index (χ0n) is 16.6. The number of benzene rings is 2. The normalized spacial score (nSPS) is 17.4. The Labute approximate surface area is 166 Å². The molecular weight excluding hydrogens is 350 g/mol. The van der Waals surface area contributed by atoms with Gasteiger partial charge in [-0.25, -0.2) is 0 Å². The minimum Gasteiger partial charge on any atom is -0.488 e. The van der Waals surface area contributed by atoms with Crippen molar-refractivity contribution in [3.63, 3.8) is 0 Å². The number of rotatable bonds is 3. The summed E-state index contributed by atoms with van der Waals surface area (Å²) in [6.07, 6.45) is 2.06. The van der Waals surface area contributed by atoms with Crippen LogP contribution in [-0.4, -0.2) is 34.6 Å². The minimum atomic E-state index is -0.738. The summed E-state index contributed by atoms with van der Waals surface area (Å²) < 4.78 is 6.11. The highest BCUT2D eigenvalue weighted by Gasteiger charge is 2.32. The number of hydrogen-bond donors (Lipinski definition) is 1. The van der Waals surface area contributed by atoms with Gasteiger partial charge in [0.2, 0.25) is 0 Å². The maximum atomic E-state index is 11.2. The lowest BCUT2D eigenvalue weighted by atomic mass is 9.85. The summed E-state index contributed by atoms with van der Waals surface area (Å²) in [5.41, 5.74) is 6.06. The van der Waals surface area contributed by atoms with E-state index in [4.69, 9.17) is 4.74 Å². The second-order valence-electron chi connectivity index (χ2n) is 8.29. The number of hydrogen-bond acceptors (Lipinski definition) is 3. The molecule has 0 aromatic heterocycles. The van der Waals surface area contributed by atoms with Gasteiger partial charge in [0.25, 0.3) is 0 Å². The monoisotopic (exact) mass is 377 g/mol. The number of carboxylic acid groups (broad SMARTS) is 1. The molecule has 2 aliphatic rings. The molecule has 1 saturated heterocycles. The lowest BCUT2D eigenvalue weighted by Gasteiger charge is -2.41. The first-order valence-electron chi connectivity index (χ1n) is 9.95. The van der Waals surface area contributed by atoms with Gasteiger partial charge < -0.3 is 9.84 Å². The Balaban J connectivity index is 1.71. The minimum absolute atomic E-state index is 0.165. The number of carboxylic acids is 1. The van der Waals surface area contributed by atoms with Crippen LogP contribution in [0.15, 0.2) is 54.1 Å². The van der Waals surface area contributed by atoms with Crippen molar-refractivity contribution in [2.24, 2.45) is 0 Å². The third-order valence-electron chi connectivity index (χ3n) is 5.99. The number of carbonyl (C=O) groups is 1. The molecule has 1 N–H and O–H groups in total. The van der Waals surface area contributed by atoms with Gasteiger partial charge in [0.15, 0.2) is 0 Å². The van der Waals surface area contributed by atoms with E-state index in [0.717, 1.165) is 31.7 Å². The van der Waals surface area contributed by atoms with E-state index in [0.29, 0.717) is 6.61 Å². The maximum absolute atomic E-state index is 11.2. The molecule has 4 heteroatoms. The third-order valence-corrected chi connectivity index (χ3v) is 5.99. The van der Waals surface area contributed by atoms with E-state index in [9.17, 15) is 9.90 Å². The van der Waals surface area contributed by atoms with Gasteiger partial charge in [-0.2, -0.15) is 0 Å². The summed E-state index contributed by atoms with van der Waals surface area (Å²) in [6.45, 7) is 6.41. The maximum Gasteiger partial charge on any atom is 0.305 e. The Bertz CT molecular complexity index is 869. The summed E-state index contributed by atoms with van der Waals surface area (Å²) in [5.74, 6) is 0.202. The second kappa shape index (κ2) is 7.44. The second-order valence-corrected chi connectivity index (χ2v) is 8.29. The quantitative estimate of drug-likeness (QED) is 0.840. The fraction of sp³-hybridized carbons (Fsp3) is 0.375. The van der Waals surface area contributed by atoms with E-state index < -0.39 is 5.97 Å². The predicted molar refractivity (Wildman–Crippen MR) is 110 cm³/mol. The van der Waals surface area contributed by atoms with Crippen molar-refractivity contribution in [1.82, 2.24) is 4.90 Å². The van der Waals surface area contributed by atoms with Crippen LogP contribution in [0.2, 0.25) is 0 Å². The van der Waals surface area contributed by atoms with Gasteiger partial charge in [-0.15, -0.1) is 0 Å². The van der Waals surface area contributed by atoms with E-state index in [-0.39, 0.29) is 12.0 Å². The zero-order valence-corrected chi connectivity index (χ0v) is 16.6. The number of aliphatic carboxylic acids is 1. The van der Waals surface area contributed by atoms with Gasteiger partial charge in [-0.05, 0) is 49.5 Å². The van der Waals surface area contributed by atoms with E-state index >= 15 is 0 Å². The number of piperidine rings is 1. The molecule has 4 rings (SSSR count). The first-order valence-corrected chi connectivity index (χ1v) is 9.95. The highest BCUT2D eigenvalue weighted by Crippen LogP contribution is 2.41. The van der Waals surface area contributed by atoms with E-state index in [2.05, 4.69) is 41.3 Å². The highest BCUT2D eigenvalue weighted by molar-refractivity contribution is 5.87. The van der Waals surface area contributed by atoms with Gasteiger partial charge in [0, 0.05) is 24.2 Å². The van der Waals surface area contributed by atoms with Crippen LogP contribution >= 0.6 is 0 Å². The largest absolute Gasteiger partial charge is 0.488 e.